The Hall–Kier alpha value is -2.86. The summed E-state index contributed by atoms with van der Waals surface area (Å²) in [5.41, 5.74) is 4.29. The highest BCUT2D eigenvalue weighted by Gasteiger charge is 2.53. The zero-order valence-corrected chi connectivity index (χ0v) is 23.0. The Morgan fingerprint density at radius 1 is 1.05 bits per heavy atom. The van der Waals surface area contributed by atoms with Crippen LogP contribution in [0.3, 0.4) is 0 Å². The van der Waals surface area contributed by atoms with Crippen LogP contribution >= 0.6 is 0 Å². The van der Waals surface area contributed by atoms with Crippen LogP contribution < -0.4 is 4.72 Å². The lowest BCUT2D eigenvalue weighted by atomic mass is 9.48. The van der Waals surface area contributed by atoms with Gasteiger partial charge in [0.25, 0.3) is 0 Å². The minimum atomic E-state index is -3.58. The van der Waals surface area contributed by atoms with E-state index >= 15 is 0 Å². The van der Waals surface area contributed by atoms with Crippen molar-refractivity contribution in [3.05, 3.63) is 95.2 Å². The molecule has 2 bridgehead atoms. The van der Waals surface area contributed by atoms with Gasteiger partial charge < -0.3 is 4.74 Å². The molecule has 3 aliphatic carbocycles. The molecule has 2 aromatic carbocycles. The third-order valence-corrected chi connectivity index (χ3v) is 9.61. The van der Waals surface area contributed by atoms with E-state index in [1.54, 1.807) is 0 Å². The summed E-state index contributed by atoms with van der Waals surface area (Å²) in [5, 5.41) is 0. The van der Waals surface area contributed by atoms with E-state index in [4.69, 9.17) is 4.74 Å². The SMILES string of the molecule is COC(=O)CCCC=CCC1=C(NS(=O)(=O)CC(c2ccccc2)c2ccccc2)C[C@H]2C[C@@H]1C2(C)C. The molecule has 0 aliphatic heterocycles. The molecule has 0 radical (unpaired) electrons. The Balaban J connectivity index is 1.52. The first kappa shape index (κ1) is 27.2. The molecule has 2 atom stereocenters. The molecule has 198 valence electrons. The first-order chi connectivity index (χ1) is 17.7. The number of allylic oxidation sites excluding steroid dienone is 4. The van der Waals surface area contributed by atoms with Crippen molar-refractivity contribution in [2.24, 2.45) is 17.3 Å². The topological polar surface area (TPSA) is 72.5 Å². The summed E-state index contributed by atoms with van der Waals surface area (Å²) in [7, 11) is -2.18. The third kappa shape index (κ3) is 6.53. The van der Waals surface area contributed by atoms with Gasteiger partial charge in [-0.2, -0.15) is 0 Å². The normalized spacial score (nSPS) is 20.6. The van der Waals surface area contributed by atoms with Crippen LogP contribution in [-0.4, -0.2) is 27.2 Å². The number of rotatable bonds is 12. The molecule has 0 aromatic heterocycles. The van der Waals surface area contributed by atoms with E-state index in [0.29, 0.717) is 18.3 Å². The smallest absolute Gasteiger partial charge is 0.305 e. The molecule has 5 rings (SSSR count). The van der Waals surface area contributed by atoms with Gasteiger partial charge in [-0.3, -0.25) is 9.52 Å². The van der Waals surface area contributed by atoms with Gasteiger partial charge >= 0.3 is 5.97 Å². The predicted molar refractivity (Wildman–Crippen MR) is 148 cm³/mol. The number of hydrogen-bond acceptors (Lipinski definition) is 4. The average Bonchev–Trinajstić information content (AvgIpc) is 2.90. The highest BCUT2D eigenvalue weighted by Crippen LogP contribution is 2.61. The Kier molecular flexibility index (Phi) is 8.58. The van der Waals surface area contributed by atoms with E-state index < -0.39 is 10.0 Å². The molecule has 3 aliphatic rings. The van der Waals surface area contributed by atoms with Gasteiger partial charge in [-0.05, 0) is 66.1 Å². The maximum Gasteiger partial charge on any atom is 0.305 e. The summed E-state index contributed by atoms with van der Waals surface area (Å²) < 4.78 is 34.9. The number of carbonyl (C=O) groups excluding carboxylic acids is 1. The van der Waals surface area contributed by atoms with E-state index in [2.05, 4.69) is 30.7 Å². The number of sulfonamides is 1. The number of fused-ring (bicyclic) bond motifs is 1. The summed E-state index contributed by atoms with van der Waals surface area (Å²) >= 11 is 0. The van der Waals surface area contributed by atoms with Gasteiger partial charge in [-0.25, -0.2) is 8.42 Å². The highest BCUT2D eigenvalue weighted by atomic mass is 32.2. The Labute approximate surface area is 222 Å². The van der Waals surface area contributed by atoms with Gasteiger partial charge in [0.05, 0.1) is 12.9 Å². The second-order valence-electron chi connectivity index (χ2n) is 10.9. The molecule has 6 heteroatoms. The van der Waals surface area contributed by atoms with E-state index in [1.165, 1.54) is 12.7 Å². The van der Waals surface area contributed by atoms with Crippen LogP contribution in [0.1, 0.15) is 69.4 Å². The van der Waals surface area contributed by atoms with Gasteiger partial charge in [0, 0.05) is 18.0 Å². The fourth-order valence-corrected chi connectivity index (χ4v) is 7.41. The molecule has 1 saturated carbocycles. The van der Waals surface area contributed by atoms with Gasteiger partial charge in [0.1, 0.15) is 0 Å². The Morgan fingerprint density at radius 3 is 2.24 bits per heavy atom. The van der Waals surface area contributed by atoms with Crippen molar-refractivity contribution in [1.29, 1.82) is 0 Å². The van der Waals surface area contributed by atoms with Crippen molar-refractivity contribution in [2.45, 2.75) is 58.3 Å². The van der Waals surface area contributed by atoms with Crippen LogP contribution in [0.5, 0.6) is 0 Å². The second kappa shape index (κ2) is 11.7. The van der Waals surface area contributed by atoms with Gasteiger partial charge in [-0.15, -0.1) is 0 Å². The van der Waals surface area contributed by atoms with Crippen LogP contribution in [-0.2, 0) is 19.6 Å². The standard InChI is InChI=1S/C31H39NO4S/c1-31(2)25-20-28(31)26(18-12-4-5-13-19-30(33)36-3)29(21-25)32-37(34,35)22-27(23-14-8-6-9-15-23)24-16-10-7-11-17-24/h4,6-12,14-17,25,27-28,32H,5,13,18-22H2,1-3H3/t25-,28+/m1/s1. The van der Waals surface area contributed by atoms with Gasteiger partial charge in [-0.1, -0.05) is 86.7 Å². The first-order valence-corrected chi connectivity index (χ1v) is 14.9. The molecule has 0 unspecified atom stereocenters. The molecule has 1 fully saturated rings. The fourth-order valence-electron chi connectivity index (χ4n) is 5.91. The molecule has 37 heavy (non-hydrogen) atoms. The monoisotopic (exact) mass is 521 g/mol. The number of benzene rings is 2. The number of carbonyl (C=O) groups is 1. The van der Waals surface area contributed by atoms with Crippen molar-refractivity contribution in [2.75, 3.05) is 12.9 Å². The molecule has 0 saturated heterocycles. The lowest BCUT2D eigenvalue weighted by Crippen LogP contribution is -2.51. The summed E-state index contributed by atoms with van der Waals surface area (Å²) in [6.45, 7) is 4.61. The number of nitrogens with one attached hydrogen (secondary N) is 1. The van der Waals surface area contributed by atoms with Crippen LogP contribution in [0.4, 0.5) is 0 Å². The van der Waals surface area contributed by atoms with Crippen molar-refractivity contribution < 1.29 is 17.9 Å². The largest absolute Gasteiger partial charge is 0.469 e. The molecule has 0 amide bonds. The fraction of sp³-hybridized carbons (Fsp3) is 0.452. The van der Waals surface area contributed by atoms with Crippen molar-refractivity contribution in [3.63, 3.8) is 0 Å². The molecular weight excluding hydrogens is 482 g/mol. The minimum Gasteiger partial charge on any atom is -0.469 e. The van der Waals surface area contributed by atoms with E-state index in [9.17, 15) is 13.2 Å². The molecule has 1 N–H and O–H groups in total. The van der Waals surface area contributed by atoms with Crippen molar-refractivity contribution >= 4 is 16.0 Å². The Morgan fingerprint density at radius 2 is 1.68 bits per heavy atom. The third-order valence-electron chi connectivity index (χ3n) is 8.28. The lowest BCUT2D eigenvalue weighted by Gasteiger charge is -2.58. The Bertz CT molecular complexity index is 1190. The zero-order chi connectivity index (χ0) is 26.5. The number of unbranched alkanes of at least 4 members (excludes halogenated alkanes) is 1. The van der Waals surface area contributed by atoms with E-state index in [-0.39, 0.29) is 23.1 Å². The lowest BCUT2D eigenvalue weighted by molar-refractivity contribution is -0.140. The van der Waals surface area contributed by atoms with Gasteiger partial charge in [0.15, 0.2) is 0 Å². The minimum absolute atomic E-state index is 0.0000989. The van der Waals surface area contributed by atoms with Crippen molar-refractivity contribution in [1.82, 2.24) is 4.72 Å². The molecule has 0 heterocycles. The highest BCUT2D eigenvalue weighted by molar-refractivity contribution is 7.89. The summed E-state index contributed by atoms with van der Waals surface area (Å²) in [5.74, 6) is 0.463. The van der Waals surface area contributed by atoms with E-state index in [1.807, 2.05) is 60.7 Å². The van der Waals surface area contributed by atoms with Crippen molar-refractivity contribution in [3.8, 4) is 0 Å². The van der Waals surface area contributed by atoms with Crippen LogP contribution in [0.25, 0.3) is 0 Å². The molecule has 2 aromatic rings. The first-order valence-electron chi connectivity index (χ1n) is 13.3. The molecule has 0 spiro atoms. The number of methoxy groups -OCH3 is 1. The average molecular weight is 522 g/mol. The second-order valence-corrected chi connectivity index (χ2v) is 12.7. The zero-order valence-electron chi connectivity index (χ0n) is 22.2. The molecular formula is C31H39NO4S. The summed E-state index contributed by atoms with van der Waals surface area (Å²) in [6, 6.07) is 19.7. The quantitative estimate of drug-likeness (QED) is 0.201. The molecule has 5 nitrogen and oxygen atoms in total. The maximum atomic E-state index is 13.6. The number of esters is 1. The summed E-state index contributed by atoms with van der Waals surface area (Å²) in [4.78, 5) is 11.3. The van der Waals surface area contributed by atoms with Gasteiger partial charge in [0.2, 0.25) is 10.0 Å². The van der Waals surface area contributed by atoms with E-state index in [0.717, 1.165) is 48.9 Å². The predicted octanol–water partition coefficient (Wildman–Crippen LogP) is 6.35. The maximum absolute atomic E-state index is 13.6. The van der Waals surface area contributed by atoms with Crippen LogP contribution in [0.15, 0.2) is 84.1 Å². The number of hydrogen-bond donors (Lipinski definition) is 1. The van der Waals surface area contributed by atoms with Crippen LogP contribution in [0.2, 0.25) is 0 Å². The number of ether oxygens (including phenoxy) is 1. The van der Waals surface area contributed by atoms with Crippen LogP contribution in [0, 0.1) is 17.3 Å². The summed E-state index contributed by atoms with van der Waals surface area (Å²) in [6.07, 6.45) is 8.83.